The molecule has 2 aromatic carbocycles. The van der Waals surface area contributed by atoms with Gasteiger partial charge in [0.2, 0.25) is 17.8 Å². The number of likely N-dealkylation sites (tertiary alicyclic amines) is 2. The lowest BCUT2D eigenvalue weighted by molar-refractivity contribution is -0.145. The Hall–Kier alpha value is -6.66. The van der Waals surface area contributed by atoms with Crippen LogP contribution in [-0.2, 0) is 25.7 Å². The third kappa shape index (κ3) is 14.5. The molecule has 5 aliphatic rings. The quantitative estimate of drug-likeness (QED) is 0.0348. The van der Waals surface area contributed by atoms with Crippen LogP contribution >= 0.6 is 11.3 Å². The second-order valence-electron chi connectivity index (χ2n) is 24.2. The summed E-state index contributed by atoms with van der Waals surface area (Å²) in [7, 11) is 2.65. The Morgan fingerprint density at radius 3 is 2.33 bits per heavy atom. The zero-order valence-corrected chi connectivity index (χ0v) is 49.7. The van der Waals surface area contributed by atoms with Gasteiger partial charge in [-0.05, 0) is 87.9 Å². The average Bonchev–Trinajstić information content (AvgIpc) is 2.28. The predicted molar refractivity (Wildman–Crippen MR) is 311 cm³/mol. The highest BCUT2D eigenvalue weighted by atomic mass is 32.1. The summed E-state index contributed by atoms with van der Waals surface area (Å²) in [4.78, 5) is 87.1. The van der Waals surface area contributed by atoms with Gasteiger partial charge in [0.15, 0.2) is 11.5 Å². The molecule has 9 rings (SSSR count). The van der Waals surface area contributed by atoms with E-state index in [0.29, 0.717) is 38.0 Å². The maximum absolute atomic E-state index is 15.8. The van der Waals surface area contributed by atoms with Crippen molar-refractivity contribution in [2.45, 2.75) is 172 Å². The van der Waals surface area contributed by atoms with Crippen LogP contribution in [0.1, 0.15) is 139 Å². The Kier molecular flexibility index (Phi) is 19.4. The van der Waals surface area contributed by atoms with E-state index in [0.717, 1.165) is 104 Å². The molecule has 2 saturated heterocycles. The van der Waals surface area contributed by atoms with E-state index in [1.807, 2.05) is 25.1 Å². The van der Waals surface area contributed by atoms with Crippen LogP contribution in [0.3, 0.4) is 0 Å². The standard InChI is InChI=1S/C60H79F4N11O8S/c1-36-49(84-35-67-36)37-17-18-38(31-65-53(78)45-28-41(76)33-74(45)54(79)50(58(2,3)4)70-55(80)59(62)21-22-59)47(27-37)83-26-14-10-8-7-9-13-23-73-24-19-39(20-25-73)68-52(77)42-29-48(82-6)44(30-43(42)61)69-57-66-32-46-51(71-57)75(40-15-11-12-16-40)34-60(63,64)56(81)72(46)5/h17-18,27,29-30,32,35,39-41,45,50,76H,7-16,19-26,28,31,33-34H2,1-6H3,(H,65,78)(H,68,77)(H,70,80)(H,66,69,71)/t41-,45+,50-/m1/s1. The molecule has 5 N–H and O–H groups in total. The van der Waals surface area contributed by atoms with Crippen LogP contribution in [0.5, 0.6) is 11.5 Å². The number of carbonyl (C=O) groups excluding carboxylic acids is 5. The number of anilines is 4. The number of β-amino-alcohol motifs (C(OH)–C–C–N with tert-alkyl or cyclic N) is 1. The lowest BCUT2D eigenvalue weighted by atomic mass is 9.85. The van der Waals surface area contributed by atoms with Gasteiger partial charge in [0, 0.05) is 63.4 Å². The molecule has 4 fully saturated rings. The fourth-order valence-corrected chi connectivity index (χ4v) is 12.5. The van der Waals surface area contributed by atoms with Crippen LogP contribution in [0.2, 0.25) is 0 Å². The average molecular weight is 1190 g/mol. The van der Waals surface area contributed by atoms with Crippen molar-refractivity contribution in [1.82, 2.24) is 40.7 Å². The first-order chi connectivity index (χ1) is 40.0. The number of amides is 5. The third-order valence-corrected chi connectivity index (χ3v) is 17.8. The number of aliphatic hydroxyl groups excluding tert-OH is 1. The predicted octanol–water partition coefficient (Wildman–Crippen LogP) is 8.39. The number of ether oxygens (including phenoxy) is 2. The number of carbonyl (C=O) groups is 5. The molecule has 3 aliphatic heterocycles. The van der Waals surface area contributed by atoms with Crippen molar-refractivity contribution in [3.05, 3.63) is 64.7 Å². The fraction of sp³-hybridized carbons (Fsp3) is 0.600. The molecule has 0 radical (unpaired) electrons. The highest BCUT2D eigenvalue weighted by Gasteiger charge is 2.54. The minimum Gasteiger partial charge on any atom is -0.495 e. The van der Waals surface area contributed by atoms with Gasteiger partial charge in [0.05, 0.1) is 59.9 Å². The Morgan fingerprint density at radius 1 is 0.940 bits per heavy atom. The molecule has 5 amide bonds. The summed E-state index contributed by atoms with van der Waals surface area (Å²) in [5.41, 5.74) is 1.65. The van der Waals surface area contributed by atoms with Crippen molar-refractivity contribution < 1.29 is 56.1 Å². The molecular formula is C60H79F4N11O8S. The second kappa shape index (κ2) is 26.3. The first kappa shape index (κ1) is 61.9. The van der Waals surface area contributed by atoms with Crippen LogP contribution < -0.4 is 40.5 Å². The van der Waals surface area contributed by atoms with E-state index < -0.39 is 77.1 Å². The van der Waals surface area contributed by atoms with Crippen molar-refractivity contribution in [3.63, 3.8) is 0 Å². The van der Waals surface area contributed by atoms with Gasteiger partial charge in [-0.3, -0.25) is 24.0 Å². The lowest BCUT2D eigenvalue weighted by Crippen LogP contribution is -2.59. The zero-order valence-electron chi connectivity index (χ0n) is 48.8. The summed E-state index contributed by atoms with van der Waals surface area (Å²) in [6, 6.07) is 5.77. The number of fused-ring (bicyclic) bond motifs is 1. The van der Waals surface area contributed by atoms with E-state index in [9.17, 15) is 33.5 Å². The number of nitrogens with zero attached hydrogens (tertiary/aromatic N) is 7. The number of aromatic nitrogens is 3. The fourth-order valence-electron chi connectivity index (χ4n) is 11.7. The minimum absolute atomic E-state index is 0.0174. The number of nitrogens with one attached hydrogen (secondary N) is 4. The molecule has 84 heavy (non-hydrogen) atoms. The number of rotatable bonds is 23. The Balaban J connectivity index is 0.701. The molecule has 456 valence electrons. The minimum atomic E-state index is -3.64. The third-order valence-electron chi connectivity index (χ3n) is 16.8. The van der Waals surface area contributed by atoms with Crippen molar-refractivity contribution in [3.8, 4) is 21.9 Å². The number of piperidine rings is 1. The summed E-state index contributed by atoms with van der Waals surface area (Å²) in [5, 5.41) is 22.2. The molecule has 5 heterocycles. The molecule has 2 saturated carbocycles. The van der Waals surface area contributed by atoms with Crippen molar-refractivity contribution in [2.24, 2.45) is 5.41 Å². The molecular weight excluding hydrogens is 1110 g/mol. The van der Waals surface area contributed by atoms with E-state index in [1.54, 1.807) is 26.3 Å². The van der Waals surface area contributed by atoms with Gasteiger partial charge in [-0.15, -0.1) is 11.3 Å². The van der Waals surface area contributed by atoms with Crippen molar-refractivity contribution in [1.29, 1.82) is 0 Å². The molecule has 4 aromatic rings. The van der Waals surface area contributed by atoms with Gasteiger partial charge in [0.25, 0.3) is 17.7 Å². The molecule has 0 spiro atoms. The maximum Gasteiger partial charge on any atom is 0.342 e. The molecule has 2 aromatic heterocycles. The first-order valence-corrected chi connectivity index (χ1v) is 30.3. The van der Waals surface area contributed by atoms with E-state index in [1.165, 1.54) is 47.6 Å². The number of methoxy groups -OCH3 is 1. The highest BCUT2D eigenvalue weighted by molar-refractivity contribution is 7.13. The Morgan fingerprint density at radius 2 is 1.65 bits per heavy atom. The van der Waals surface area contributed by atoms with Gasteiger partial charge in [0.1, 0.15) is 35.1 Å². The summed E-state index contributed by atoms with van der Waals surface area (Å²) in [5.74, 6) is -7.29. The molecule has 0 unspecified atom stereocenters. The number of hydrogen-bond acceptors (Lipinski definition) is 15. The molecule has 19 nitrogen and oxygen atoms in total. The molecule has 24 heteroatoms. The van der Waals surface area contributed by atoms with Crippen LogP contribution in [0, 0.1) is 18.2 Å². The monoisotopic (exact) mass is 1190 g/mol. The largest absolute Gasteiger partial charge is 0.495 e. The van der Waals surface area contributed by atoms with Crippen LogP contribution in [0.25, 0.3) is 10.4 Å². The van der Waals surface area contributed by atoms with Gasteiger partial charge in [-0.25, -0.2) is 18.7 Å². The number of aliphatic hydroxyl groups is 1. The summed E-state index contributed by atoms with van der Waals surface area (Å²) < 4.78 is 72.7. The molecule has 2 aliphatic carbocycles. The normalized spacial score (nSPS) is 20.3. The van der Waals surface area contributed by atoms with Gasteiger partial charge in [-0.2, -0.15) is 13.8 Å². The molecule has 3 atom stereocenters. The lowest BCUT2D eigenvalue weighted by Gasteiger charge is -2.35. The van der Waals surface area contributed by atoms with E-state index in [-0.39, 0.29) is 78.9 Å². The van der Waals surface area contributed by atoms with Gasteiger partial charge >= 0.3 is 5.92 Å². The summed E-state index contributed by atoms with van der Waals surface area (Å²) >= 11 is 1.53. The number of thiazole rings is 1. The van der Waals surface area contributed by atoms with Crippen LogP contribution in [0.15, 0.2) is 42.0 Å². The summed E-state index contributed by atoms with van der Waals surface area (Å²) in [6.45, 7) is 9.37. The number of unbranched alkanes of at least 4 members (excludes halogenated alkanes) is 5. The number of benzene rings is 2. The number of alkyl halides is 3. The number of hydrogen-bond donors (Lipinski definition) is 5. The van der Waals surface area contributed by atoms with Gasteiger partial charge < -0.3 is 55.4 Å². The van der Waals surface area contributed by atoms with E-state index >= 15 is 13.2 Å². The summed E-state index contributed by atoms with van der Waals surface area (Å²) in [6.07, 6.45) is 11.0. The number of halogens is 4. The Labute approximate surface area is 492 Å². The van der Waals surface area contributed by atoms with E-state index in [4.69, 9.17) is 9.47 Å². The zero-order chi connectivity index (χ0) is 60.1. The SMILES string of the molecule is COc1cc(C(=O)NC2CCN(CCCCCCCCOc3cc(-c4scnc4C)ccc3CNC(=O)[C@@H]3C[C@@H](O)CN3C(=O)[C@@H](NC(=O)C3(F)CC3)C(C)(C)C)CC2)c(F)cc1Nc1ncc2c(n1)N(C1CCCC1)CC(F)(F)C(=O)N2C. The van der Waals surface area contributed by atoms with E-state index in [2.05, 4.69) is 41.1 Å². The van der Waals surface area contributed by atoms with Gasteiger partial charge in [-0.1, -0.05) is 71.4 Å². The second-order valence-corrected chi connectivity index (χ2v) is 25.0. The smallest absolute Gasteiger partial charge is 0.342 e. The highest BCUT2D eigenvalue weighted by Crippen LogP contribution is 2.42. The topological polar surface area (TPSA) is 224 Å². The number of aryl methyl sites for hydroxylation is 1. The van der Waals surface area contributed by atoms with Crippen LogP contribution in [0.4, 0.5) is 40.7 Å². The van der Waals surface area contributed by atoms with Crippen LogP contribution in [-0.4, -0.2) is 155 Å². The van der Waals surface area contributed by atoms with Crippen molar-refractivity contribution >= 4 is 64.0 Å². The van der Waals surface area contributed by atoms with Crippen molar-refractivity contribution in [2.75, 3.05) is 68.6 Å². The Bertz CT molecular complexity index is 3040. The molecule has 0 bridgehead atoms. The first-order valence-electron chi connectivity index (χ1n) is 29.4. The maximum atomic E-state index is 15.8.